The van der Waals surface area contributed by atoms with Gasteiger partial charge in [-0.2, -0.15) is 0 Å². The second kappa shape index (κ2) is 5.92. The van der Waals surface area contributed by atoms with Crippen LogP contribution >= 0.6 is 15.9 Å². The zero-order valence-corrected chi connectivity index (χ0v) is 11.9. The molecule has 0 bridgehead atoms. The third kappa shape index (κ3) is 3.27. The van der Waals surface area contributed by atoms with Gasteiger partial charge in [0.15, 0.2) is 0 Å². The Morgan fingerprint density at radius 2 is 2.00 bits per heavy atom. The van der Waals surface area contributed by atoms with E-state index in [1.807, 2.05) is 6.07 Å². The summed E-state index contributed by atoms with van der Waals surface area (Å²) in [7, 11) is 0. The number of carbonyl (C=O) groups excluding carboxylic acids is 1. The Morgan fingerprint density at radius 1 is 1.30 bits per heavy atom. The Morgan fingerprint density at radius 3 is 2.60 bits per heavy atom. The van der Waals surface area contributed by atoms with E-state index >= 15 is 0 Å². The fourth-order valence-electron chi connectivity index (χ4n) is 1.82. The molecule has 1 amide bonds. The topological polar surface area (TPSA) is 75.4 Å². The number of hydrogen-bond donors (Lipinski definition) is 3. The number of amides is 1. The van der Waals surface area contributed by atoms with E-state index in [4.69, 9.17) is 5.73 Å². The van der Waals surface area contributed by atoms with Crippen molar-refractivity contribution in [3.05, 3.63) is 58.3 Å². The molecule has 2 aromatic rings. The van der Waals surface area contributed by atoms with Crippen molar-refractivity contribution in [1.29, 1.82) is 0 Å². The summed E-state index contributed by atoms with van der Waals surface area (Å²) in [6.45, 7) is 0. The number of phenolic OH excluding ortho intramolecular Hbond substituents is 1. The molecular formula is C14H12BrFN2O2. The fourth-order valence-corrected chi connectivity index (χ4v) is 2.21. The number of hydrogen-bond acceptors (Lipinski definition) is 3. The lowest BCUT2D eigenvalue weighted by atomic mass is 10.1. The zero-order chi connectivity index (χ0) is 14.7. The van der Waals surface area contributed by atoms with Crippen LogP contribution in [0.1, 0.15) is 11.6 Å². The number of nitrogens with two attached hydrogens (primary N) is 1. The van der Waals surface area contributed by atoms with Crippen LogP contribution in [0.3, 0.4) is 0 Å². The maximum absolute atomic E-state index is 13.3. The molecule has 0 aliphatic carbocycles. The molecule has 104 valence electrons. The molecule has 4 nitrogen and oxygen atoms in total. The summed E-state index contributed by atoms with van der Waals surface area (Å²) >= 11 is 3.34. The number of carbonyl (C=O) groups is 1. The van der Waals surface area contributed by atoms with Crippen LogP contribution in [0, 0.1) is 5.82 Å². The lowest BCUT2D eigenvalue weighted by Gasteiger charge is -2.18. The van der Waals surface area contributed by atoms with Gasteiger partial charge in [0.1, 0.15) is 17.6 Å². The van der Waals surface area contributed by atoms with Crippen LogP contribution in [0.4, 0.5) is 10.1 Å². The van der Waals surface area contributed by atoms with E-state index in [0.29, 0.717) is 5.69 Å². The van der Waals surface area contributed by atoms with Crippen molar-refractivity contribution in [3.63, 3.8) is 0 Å². The van der Waals surface area contributed by atoms with Crippen LogP contribution in [-0.4, -0.2) is 11.0 Å². The highest BCUT2D eigenvalue weighted by molar-refractivity contribution is 9.10. The summed E-state index contributed by atoms with van der Waals surface area (Å²) in [6.07, 6.45) is 0. The molecule has 4 N–H and O–H groups in total. The van der Waals surface area contributed by atoms with Gasteiger partial charge in [-0.25, -0.2) is 4.39 Å². The molecule has 0 fully saturated rings. The molecule has 0 aliphatic rings. The number of halogens is 2. The molecule has 0 radical (unpaired) electrons. The average Bonchev–Trinajstić information content (AvgIpc) is 2.36. The molecule has 0 spiro atoms. The third-order valence-corrected chi connectivity index (χ3v) is 3.39. The average molecular weight is 339 g/mol. The number of anilines is 1. The summed E-state index contributed by atoms with van der Waals surface area (Å²) in [5, 5.41) is 12.3. The van der Waals surface area contributed by atoms with Crippen molar-refractivity contribution in [3.8, 4) is 5.75 Å². The molecule has 0 aliphatic heterocycles. The molecule has 2 rings (SSSR count). The first-order valence-corrected chi connectivity index (χ1v) is 6.56. The number of para-hydroxylation sites is 1. The van der Waals surface area contributed by atoms with E-state index in [1.54, 1.807) is 18.2 Å². The van der Waals surface area contributed by atoms with Crippen molar-refractivity contribution in [1.82, 2.24) is 0 Å². The SMILES string of the molecule is NC(=O)C(Nc1ccccc1Br)c1cc(O)cc(F)c1. The molecule has 2 aromatic carbocycles. The lowest BCUT2D eigenvalue weighted by molar-refractivity contribution is -0.118. The molecule has 1 unspecified atom stereocenters. The standard InChI is InChI=1S/C14H12BrFN2O2/c15-11-3-1-2-4-12(11)18-13(14(17)20)8-5-9(16)7-10(19)6-8/h1-7,13,18-19H,(H2,17,20). The first-order valence-electron chi connectivity index (χ1n) is 5.77. The van der Waals surface area contributed by atoms with E-state index in [0.717, 1.165) is 16.6 Å². The molecule has 6 heteroatoms. The van der Waals surface area contributed by atoms with Gasteiger partial charge >= 0.3 is 0 Å². The van der Waals surface area contributed by atoms with Gasteiger partial charge in [0, 0.05) is 16.2 Å². The number of rotatable bonds is 4. The minimum absolute atomic E-state index is 0.255. The zero-order valence-electron chi connectivity index (χ0n) is 10.3. The summed E-state index contributed by atoms with van der Waals surface area (Å²) in [6, 6.07) is 9.61. The van der Waals surface area contributed by atoms with Crippen LogP contribution in [0.15, 0.2) is 46.9 Å². The van der Waals surface area contributed by atoms with Gasteiger partial charge in [0.05, 0.1) is 0 Å². The third-order valence-electron chi connectivity index (χ3n) is 2.70. The molecular weight excluding hydrogens is 327 g/mol. The van der Waals surface area contributed by atoms with Gasteiger partial charge in [-0.15, -0.1) is 0 Å². The quantitative estimate of drug-likeness (QED) is 0.802. The van der Waals surface area contributed by atoms with E-state index in [9.17, 15) is 14.3 Å². The largest absolute Gasteiger partial charge is 0.508 e. The smallest absolute Gasteiger partial charge is 0.244 e. The highest BCUT2D eigenvalue weighted by atomic mass is 79.9. The summed E-state index contributed by atoms with van der Waals surface area (Å²) in [5.41, 5.74) is 6.24. The van der Waals surface area contributed by atoms with Crippen molar-refractivity contribution >= 4 is 27.5 Å². The van der Waals surface area contributed by atoms with E-state index in [1.165, 1.54) is 6.07 Å². The number of primary amides is 1. The number of phenols is 1. The van der Waals surface area contributed by atoms with Crippen LogP contribution in [0.25, 0.3) is 0 Å². The van der Waals surface area contributed by atoms with Crippen molar-refractivity contribution in [2.45, 2.75) is 6.04 Å². The number of benzene rings is 2. The molecule has 1 atom stereocenters. The molecule has 20 heavy (non-hydrogen) atoms. The maximum Gasteiger partial charge on any atom is 0.244 e. The predicted octanol–water partition coefficient (Wildman–Crippen LogP) is 2.93. The van der Waals surface area contributed by atoms with Crippen LogP contribution in [0.2, 0.25) is 0 Å². The predicted molar refractivity (Wildman–Crippen MR) is 77.8 cm³/mol. The van der Waals surface area contributed by atoms with Crippen molar-refractivity contribution in [2.24, 2.45) is 5.73 Å². The Labute approximate surface area is 123 Å². The van der Waals surface area contributed by atoms with Crippen molar-refractivity contribution < 1.29 is 14.3 Å². The molecule has 0 saturated carbocycles. The normalized spacial score (nSPS) is 11.9. The lowest BCUT2D eigenvalue weighted by Crippen LogP contribution is -2.27. The van der Waals surface area contributed by atoms with Gasteiger partial charge in [-0.1, -0.05) is 12.1 Å². The minimum Gasteiger partial charge on any atom is -0.508 e. The van der Waals surface area contributed by atoms with E-state index in [2.05, 4.69) is 21.2 Å². The highest BCUT2D eigenvalue weighted by Crippen LogP contribution is 2.28. The van der Waals surface area contributed by atoms with E-state index in [-0.39, 0.29) is 11.3 Å². The minimum atomic E-state index is -0.949. The summed E-state index contributed by atoms with van der Waals surface area (Å²) < 4.78 is 14.1. The van der Waals surface area contributed by atoms with Gasteiger partial charge < -0.3 is 16.2 Å². The van der Waals surface area contributed by atoms with Gasteiger partial charge in [0.25, 0.3) is 0 Å². The van der Waals surface area contributed by atoms with Gasteiger partial charge in [0.2, 0.25) is 5.91 Å². The Kier molecular flexibility index (Phi) is 4.24. The highest BCUT2D eigenvalue weighted by Gasteiger charge is 2.20. The van der Waals surface area contributed by atoms with Crippen LogP contribution in [-0.2, 0) is 4.79 Å². The molecule has 0 aromatic heterocycles. The molecule has 0 heterocycles. The Hall–Kier alpha value is -2.08. The summed E-state index contributed by atoms with van der Waals surface area (Å²) in [4.78, 5) is 11.6. The second-order valence-corrected chi connectivity index (χ2v) is 5.06. The van der Waals surface area contributed by atoms with Crippen molar-refractivity contribution in [2.75, 3.05) is 5.32 Å². The van der Waals surface area contributed by atoms with Gasteiger partial charge in [-0.05, 0) is 45.8 Å². The Bertz CT molecular complexity index is 629. The first kappa shape index (κ1) is 14.3. The maximum atomic E-state index is 13.3. The first-order chi connectivity index (χ1) is 9.47. The second-order valence-electron chi connectivity index (χ2n) is 4.20. The van der Waals surface area contributed by atoms with Crippen LogP contribution in [0.5, 0.6) is 5.75 Å². The van der Waals surface area contributed by atoms with Crippen LogP contribution < -0.4 is 11.1 Å². The van der Waals surface area contributed by atoms with Gasteiger partial charge in [-0.3, -0.25) is 4.79 Å². The van der Waals surface area contributed by atoms with E-state index < -0.39 is 17.8 Å². The number of aromatic hydroxyl groups is 1. The fraction of sp³-hybridized carbons (Fsp3) is 0.0714. The summed E-state index contributed by atoms with van der Waals surface area (Å²) in [5.74, 6) is -1.58. The Balaban J connectivity index is 2.37. The monoisotopic (exact) mass is 338 g/mol. The number of nitrogens with one attached hydrogen (secondary N) is 1. The molecule has 0 saturated heterocycles.